The Hall–Kier alpha value is -1.30. The van der Waals surface area contributed by atoms with Crippen LogP contribution in [0.4, 0.5) is 4.79 Å². The minimum Gasteiger partial charge on any atom is -0.480 e. The van der Waals surface area contributed by atoms with Gasteiger partial charge in [-0.15, -0.1) is 0 Å². The van der Waals surface area contributed by atoms with Crippen molar-refractivity contribution in [2.45, 2.75) is 32.2 Å². The van der Waals surface area contributed by atoms with E-state index in [9.17, 15) is 9.59 Å². The number of hydrogen-bond donors (Lipinski definition) is 4. The van der Waals surface area contributed by atoms with Gasteiger partial charge in [-0.05, 0) is 24.7 Å². The maximum atomic E-state index is 11.4. The molecule has 98 valence electrons. The average molecular weight is 244 g/mol. The van der Waals surface area contributed by atoms with Gasteiger partial charge in [0.05, 0.1) is 0 Å². The second-order valence-electron chi connectivity index (χ2n) is 4.57. The summed E-state index contributed by atoms with van der Waals surface area (Å²) in [4.78, 5) is 22.1. The summed E-state index contributed by atoms with van der Waals surface area (Å²) >= 11 is 0. The lowest BCUT2D eigenvalue weighted by Gasteiger charge is -2.16. The number of carbonyl (C=O) groups excluding carboxylic acids is 1. The van der Waals surface area contributed by atoms with Crippen LogP contribution in [-0.4, -0.2) is 41.4 Å². The predicted molar refractivity (Wildman–Crippen MR) is 61.5 cm³/mol. The fourth-order valence-electron chi connectivity index (χ4n) is 1.68. The quantitative estimate of drug-likeness (QED) is 0.513. The van der Waals surface area contributed by atoms with Crippen LogP contribution < -0.4 is 10.6 Å². The molecule has 1 aliphatic rings. The number of aliphatic carboxylic acids is 1. The monoisotopic (exact) mass is 244 g/mol. The highest BCUT2D eigenvalue weighted by molar-refractivity contribution is 5.82. The van der Waals surface area contributed by atoms with Crippen LogP contribution >= 0.6 is 0 Å². The number of hydrogen-bond acceptors (Lipinski definition) is 3. The van der Waals surface area contributed by atoms with E-state index in [0.717, 1.165) is 0 Å². The van der Waals surface area contributed by atoms with Crippen LogP contribution in [0.5, 0.6) is 0 Å². The summed E-state index contributed by atoms with van der Waals surface area (Å²) in [6.07, 6.45) is 2.44. The van der Waals surface area contributed by atoms with Gasteiger partial charge in [-0.25, -0.2) is 9.59 Å². The Morgan fingerprint density at radius 3 is 2.53 bits per heavy atom. The Labute approximate surface area is 100 Å². The number of aliphatic hydroxyl groups is 1. The smallest absolute Gasteiger partial charge is 0.326 e. The van der Waals surface area contributed by atoms with Gasteiger partial charge in [0.2, 0.25) is 0 Å². The van der Waals surface area contributed by atoms with Gasteiger partial charge in [0.1, 0.15) is 6.04 Å². The first-order valence-corrected chi connectivity index (χ1v) is 5.92. The third kappa shape index (κ3) is 5.04. The van der Waals surface area contributed by atoms with Crippen LogP contribution in [0, 0.1) is 11.8 Å². The molecule has 1 unspecified atom stereocenters. The lowest BCUT2D eigenvalue weighted by Crippen LogP contribution is -2.47. The third-order valence-electron chi connectivity index (χ3n) is 3.03. The molecule has 1 fully saturated rings. The summed E-state index contributed by atoms with van der Waals surface area (Å²) in [7, 11) is 0. The molecule has 0 saturated heterocycles. The van der Waals surface area contributed by atoms with Crippen molar-refractivity contribution in [3.05, 3.63) is 0 Å². The Balaban J connectivity index is 2.23. The van der Waals surface area contributed by atoms with E-state index in [-0.39, 0.29) is 13.0 Å². The summed E-state index contributed by atoms with van der Waals surface area (Å²) in [6.45, 7) is 2.36. The molecule has 0 heterocycles. The number of carbonyl (C=O) groups is 2. The van der Waals surface area contributed by atoms with Crippen molar-refractivity contribution in [3.8, 4) is 0 Å². The van der Waals surface area contributed by atoms with E-state index < -0.39 is 18.0 Å². The summed E-state index contributed by atoms with van der Waals surface area (Å²) in [5.74, 6) is -0.00526. The number of aliphatic hydroxyl groups excluding tert-OH is 1. The largest absolute Gasteiger partial charge is 0.480 e. The zero-order valence-electron chi connectivity index (χ0n) is 9.98. The third-order valence-corrected chi connectivity index (χ3v) is 3.03. The predicted octanol–water partition coefficient (Wildman–Crippen LogP) is 0.167. The highest BCUT2D eigenvalue weighted by atomic mass is 16.4. The van der Waals surface area contributed by atoms with E-state index >= 15 is 0 Å². The number of rotatable bonds is 7. The second-order valence-corrected chi connectivity index (χ2v) is 4.57. The molecule has 2 atom stereocenters. The summed E-state index contributed by atoms with van der Waals surface area (Å²) in [6, 6.07) is -1.52. The number of urea groups is 1. The average Bonchev–Trinajstić information content (AvgIpc) is 3.08. The zero-order valence-corrected chi connectivity index (χ0v) is 9.98. The van der Waals surface area contributed by atoms with Crippen molar-refractivity contribution in [2.24, 2.45) is 11.8 Å². The van der Waals surface area contributed by atoms with E-state index in [1.807, 2.05) is 0 Å². The van der Waals surface area contributed by atoms with Gasteiger partial charge in [0.25, 0.3) is 0 Å². The topological polar surface area (TPSA) is 98.7 Å². The lowest BCUT2D eigenvalue weighted by atomic mass is 10.1. The van der Waals surface area contributed by atoms with Crippen LogP contribution in [0.15, 0.2) is 0 Å². The number of carboxylic acid groups (broad SMARTS) is 1. The molecule has 2 amide bonds. The van der Waals surface area contributed by atoms with Crippen molar-refractivity contribution in [1.82, 2.24) is 10.6 Å². The molecule has 17 heavy (non-hydrogen) atoms. The lowest BCUT2D eigenvalue weighted by molar-refractivity contribution is -0.139. The molecule has 0 spiro atoms. The second kappa shape index (κ2) is 6.44. The summed E-state index contributed by atoms with van der Waals surface area (Å²) < 4.78 is 0. The first-order chi connectivity index (χ1) is 8.04. The van der Waals surface area contributed by atoms with Crippen LogP contribution in [0.25, 0.3) is 0 Å². The molecule has 6 heteroatoms. The Morgan fingerprint density at radius 2 is 2.06 bits per heavy atom. The molecule has 1 rings (SSSR count). The highest BCUT2D eigenvalue weighted by Crippen LogP contribution is 2.35. The molecule has 1 aliphatic carbocycles. The molecule has 4 N–H and O–H groups in total. The number of amides is 2. The van der Waals surface area contributed by atoms with Gasteiger partial charge in [0.15, 0.2) is 0 Å². The van der Waals surface area contributed by atoms with E-state index in [1.165, 1.54) is 12.8 Å². The Morgan fingerprint density at radius 1 is 1.41 bits per heavy atom. The van der Waals surface area contributed by atoms with Crippen molar-refractivity contribution < 1.29 is 19.8 Å². The minimum absolute atomic E-state index is 0.0148. The van der Waals surface area contributed by atoms with Crippen LogP contribution in [0.2, 0.25) is 0 Å². The molecular weight excluding hydrogens is 224 g/mol. The van der Waals surface area contributed by atoms with Crippen LogP contribution in [-0.2, 0) is 4.79 Å². The first-order valence-electron chi connectivity index (χ1n) is 5.92. The molecular formula is C11H20N2O4. The fraction of sp³-hybridized carbons (Fsp3) is 0.818. The Kier molecular flexibility index (Phi) is 5.21. The minimum atomic E-state index is -1.13. The maximum absolute atomic E-state index is 11.4. The number of carboxylic acids is 1. The van der Waals surface area contributed by atoms with E-state index in [1.54, 1.807) is 0 Å². The van der Waals surface area contributed by atoms with Crippen LogP contribution in [0.1, 0.15) is 26.2 Å². The van der Waals surface area contributed by atoms with Gasteiger partial charge >= 0.3 is 12.0 Å². The van der Waals surface area contributed by atoms with Crippen molar-refractivity contribution >= 4 is 12.0 Å². The summed E-state index contributed by atoms with van der Waals surface area (Å²) in [5.41, 5.74) is 0. The SMILES string of the molecule is CC(CNC(=O)N[C@H](CCO)C(=O)O)C1CC1. The van der Waals surface area contributed by atoms with E-state index in [0.29, 0.717) is 18.4 Å². The van der Waals surface area contributed by atoms with Gasteiger partial charge < -0.3 is 20.8 Å². The normalized spacial score (nSPS) is 18.2. The van der Waals surface area contributed by atoms with Gasteiger partial charge in [0, 0.05) is 19.6 Å². The zero-order chi connectivity index (χ0) is 12.8. The van der Waals surface area contributed by atoms with Crippen molar-refractivity contribution in [3.63, 3.8) is 0 Å². The maximum Gasteiger partial charge on any atom is 0.326 e. The molecule has 0 aromatic carbocycles. The molecule has 0 aromatic rings. The molecule has 6 nitrogen and oxygen atoms in total. The van der Waals surface area contributed by atoms with Crippen molar-refractivity contribution in [1.29, 1.82) is 0 Å². The molecule has 0 aromatic heterocycles. The van der Waals surface area contributed by atoms with Gasteiger partial charge in [-0.3, -0.25) is 0 Å². The standard InChI is InChI=1S/C11H20N2O4/c1-7(8-2-3-8)6-12-11(17)13-9(4-5-14)10(15)16/h7-9,14H,2-6H2,1H3,(H,15,16)(H2,12,13,17)/t7?,9-/m1/s1. The van der Waals surface area contributed by atoms with Gasteiger partial charge in [-0.2, -0.15) is 0 Å². The van der Waals surface area contributed by atoms with Gasteiger partial charge in [-0.1, -0.05) is 6.92 Å². The molecule has 1 saturated carbocycles. The van der Waals surface area contributed by atoms with Crippen molar-refractivity contribution in [2.75, 3.05) is 13.2 Å². The van der Waals surface area contributed by atoms with E-state index in [4.69, 9.17) is 10.2 Å². The van der Waals surface area contributed by atoms with E-state index in [2.05, 4.69) is 17.6 Å². The highest BCUT2D eigenvalue weighted by Gasteiger charge is 2.28. The number of nitrogens with one attached hydrogen (secondary N) is 2. The van der Waals surface area contributed by atoms with Crippen LogP contribution in [0.3, 0.4) is 0 Å². The summed E-state index contributed by atoms with van der Waals surface area (Å²) in [5, 5.41) is 22.4. The molecule has 0 bridgehead atoms. The Bertz CT molecular complexity index is 279. The fourth-order valence-corrected chi connectivity index (χ4v) is 1.68. The molecule has 0 radical (unpaired) electrons. The molecule has 0 aliphatic heterocycles. The first kappa shape index (κ1) is 13.8.